The van der Waals surface area contributed by atoms with Gasteiger partial charge in [0.15, 0.2) is 34.7 Å². The van der Waals surface area contributed by atoms with Gasteiger partial charge in [0.25, 0.3) is 0 Å². The first-order chi connectivity index (χ1) is 20.1. The molecule has 1 heterocycles. The molecule has 0 fully saturated rings. The topological polar surface area (TPSA) is 104 Å². The SMILES string of the molecule is C.C.COC(=O)Cc1ccc(O)c(F)c1.COC(=O)Cc1ccc(Oc2ccnc(COc3ccc(Cl)cc3F)c2)c(F)c1. The van der Waals surface area contributed by atoms with E-state index in [4.69, 9.17) is 26.2 Å². The molecular weight excluding hydrogens is 603 g/mol. The zero-order valence-electron chi connectivity index (χ0n) is 22.4. The third-order valence-electron chi connectivity index (χ3n) is 5.45. The number of methoxy groups -OCH3 is 2. The second-order valence-corrected chi connectivity index (χ2v) is 8.94. The van der Waals surface area contributed by atoms with Crippen molar-refractivity contribution in [3.8, 4) is 23.0 Å². The number of pyridine rings is 1. The van der Waals surface area contributed by atoms with E-state index in [0.29, 0.717) is 22.6 Å². The Balaban J connectivity index is 0.000000547. The van der Waals surface area contributed by atoms with Gasteiger partial charge >= 0.3 is 11.9 Å². The number of phenolic OH excluding ortho intramolecular Hbond substituents is 1. The summed E-state index contributed by atoms with van der Waals surface area (Å²) in [6.45, 7) is -0.0176. The lowest BCUT2D eigenvalue weighted by Gasteiger charge is -2.10. The normalized spacial score (nSPS) is 9.77. The van der Waals surface area contributed by atoms with Crippen LogP contribution < -0.4 is 9.47 Å². The van der Waals surface area contributed by atoms with E-state index in [-0.39, 0.29) is 50.8 Å². The van der Waals surface area contributed by atoms with Crippen molar-refractivity contribution in [2.24, 2.45) is 0 Å². The average molecular weight is 636 g/mol. The van der Waals surface area contributed by atoms with Gasteiger partial charge in [0, 0.05) is 17.3 Å². The number of esters is 2. The molecule has 1 aromatic heterocycles. The minimum Gasteiger partial charge on any atom is -0.505 e. The van der Waals surface area contributed by atoms with Crippen molar-refractivity contribution in [3.05, 3.63) is 112 Å². The zero-order valence-corrected chi connectivity index (χ0v) is 23.2. The maximum atomic E-state index is 14.3. The number of benzene rings is 3. The number of hydrogen-bond donors (Lipinski definition) is 1. The van der Waals surface area contributed by atoms with Crippen LogP contribution in [0.4, 0.5) is 13.2 Å². The van der Waals surface area contributed by atoms with Crippen molar-refractivity contribution in [2.75, 3.05) is 14.2 Å². The molecule has 3 aromatic carbocycles. The standard InChI is InChI=1S/C21H16ClF2NO4.C9H9FO3.2CH4/c1-27-21(26)9-13-2-4-20(17(23)8-13)29-16-6-7-25-15(11-16)12-28-19-5-3-14(22)10-18(19)24;1-13-9(12)5-6-2-3-8(11)7(10)4-6;;/h2-8,10-11H,9,12H2,1H3;2-4,11H,5H2,1H3;2*1H4. The van der Waals surface area contributed by atoms with Crippen LogP contribution >= 0.6 is 11.6 Å². The maximum Gasteiger partial charge on any atom is 0.309 e. The van der Waals surface area contributed by atoms with Gasteiger partial charge in [-0.05, 0) is 59.7 Å². The summed E-state index contributed by atoms with van der Waals surface area (Å²) in [5.74, 6) is -2.91. The summed E-state index contributed by atoms with van der Waals surface area (Å²) in [7, 11) is 2.53. The van der Waals surface area contributed by atoms with E-state index < -0.39 is 35.1 Å². The molecule has 0 saturated heterocycles. The predicted molar refractivity (Wildman–Crippen MR) is 159 cm³/mol. The van der Waals surface area contributed by atoms with Gasteiger partial charge in [-0.3, -0.25) is 14.6 Å². The summed E-state index contributed by atoms with van der Waals surface area (Å²) in [5, 5.41) is 9.11. The van der Waals surface area contributed by atoms with Crippen LogP contribution in [0.2, 0.25) is 5.02 Å². The molecule has 0 radical (unpaired) electrons. The smallest absolute Gasteiger partial charge is 0.309 e. The van der Waals surface area contributed by atoms with Gasteiger partial charge in [0.1, 0.15) is 12.4 Å². The molecule has 0 aliphatic heterocycles. The third-order valence-corrected chi connectivity index (χ3v) is 5.68. The van der Waals surface area contributed by atoms with E-state index in [0.717, 1.165) is 12.1 Å². The van der Waals surface area contributed by atoms with Crippen molar-refractivity contribution in [1.29, 1.82) is 0 Å². The number of phenols is 1. The molecule has 0 unspecified atom stereocenters. The number of carbonyl (C=O) groups excluding carboxylic acids is 2. The van der Waals surface area contributed by atoms with E-state index in [1.807, 2.05) is 0 Å². The number of hydrogen-bond acceptors (Lipinski definition) is 8. The molecule has 4 aromatic rings. The summed E-state index contributed by atoms with van der Waals surface area (Å²) < 4.78 is 60.7. The summed E-state index contributed by atoms with van der Waals surface area (Å²) in [5.41, 5.74) is 1.40. The van der Waals surface area contributed by atoms with E-state index in [9.17, 15) is 22.8 Å². The average Bonchev–Trinajstić information content (AvgIpc) is 2.96. The fourth-order valence-electron chi connectivity index (χ4n) is 3.34. The van der Waals surface area contributed by atoms with E-state index >= 15 is 0 Å². The van der Waals surface area contributed by atoms with Gasteiger partial charge in [0.2, 0.25) is 0 Å². The Morgan fingerprint density at radius 2 is 1.34 bits per heavy atom. The lowest BCUT2D eigenvalue weighted by atomic mass is 10.1. The number of halogens is 4. The number of aromatic nitrogens is 1. The van der Waals surface area contributed by atoms with Gasteiger partial charge in [-0.2, -0.15) is 0 Å². The van der Waals surface area contributed by atoms with Crippen molar-refractivity contribution in [3.63, 3.8) is 0 Å². The highest BCUT2D eigenvalue weighted by Crippen LogP contribution is 2.27. The first-order valence-electron chi connectivity index (χ1n) is 12.2. The quantitative estimate of drug-likeness (QED) is 0.187. The molecule has 44 heavy (non-hydrogen) atoms. The van der Waals surface area contributed by atoms with Crippen molar-refractivity contribution in [2.45, 2.75) is 34.3 Å². The molecule has 236 valence electrons. The molecule has 0 saturated carbocycles. The van der Waals surface area contributed by atoms with Crippen molar-refractivity contribution in [1.82, 2.24) is 4.98 Å². The molecule has 0 aliphatic carbocycles. The first kappa shape index (κ1) is 37.3. The Hall–Kier alpha value is -4.77. The van der Waals surface area contributed by atoms with Crippen LogP contribution in [0, 0.1) is 17.5 Å². The molecule has 0 aliphatic rings. The Labute approximate surface area is 258 Å². The van der Waals surface area contributed by atoms with Crippen LogP contribution in [-0.4, -0.2) is 36.2 Å². The summed E-state index contributed by atoms with van der Waals surface area (Å²) in [6.07, 6.45) is 1.44. The fraction of sp³-hybridized carbons (Fsp3) is 0.219. The van der Waals surface area contributed by atoms with Crippen molar-refractivity contribution >= 4 is 23.5 Å². The van der Waals surface area contributed by atoms with Crippen LogP contribution in [0.25, 0.3) is 0 Å². The molecule has 4 rings (SSSR count). The highest BCUT2D eigenvalue weighted by atomic mass is 35.5. The highest BCUT2D eigenvalue weighted by molar-refractivity contribution is 6.30. The van der Waals surface area contributed by atoms with Gasteiger partial charge < -0.3 is 24.1 Å². The van der Waals surface area contributed by atoms with Crippen LogP contribution in [0.15, 0.2) is 72.9 Å². The summed E-state index contributed by atoms with van der Waals surface area (Å²) in [4.78, 5) is 26.2. The summed E-state index contributed by atoms with van der Waals surface area (Å²) in [6, 6.07) is 15.2. The Kier molecular flexibility index (Phi) is 15.3. The second-order valence-electron chi connectivity index (χ2n) is 8.50. The van der Waals surface area contributed by atoms with Gasteiger partial charge in [-0.25, -0.2) is 13.2 Å². The monoisotopic (exact) mass is 635 g/mol. The molecule has 0 bridgehead atoms. The number of aromatic hydroxyl groups is 1. The molecular formula is C32H33ClF3NO7. The van der Waals surface area contributed by atoms with E-state index in [1.54, 1.807) is 18.2 Å². The van der Waals surface area contributed by atoms with Crippen LogP contribution in [0.1, 0.15) is 31.7 Å². The Bertz CT molecular complexity index is 1550. The molecule has 8 nitrogen and oxygen atoms in total. The number of nitrogens with zero attached hydrogens (tertiary/aromatic N) is 1. The van der Waals surface area contributed by atoms with E-state index in [1.165, 1.54) is 56.8 Å². The molecule has 12 heteroatoms. The van der Waals surface area contributed by atoms with Crippen LogP contribution in [0.5, 0.6) is 23.0 Å². The maximum absolute atomic E-state index is 14.3. The minimum absolute atomic E-state index is 0. The van der Waals surface area contributed by atoms with Crippen molar-refractivity contribution < 1.29 is 46.8 Å². The zero-order chi connectivity index (χ0) is 30.6. The number of rotatable bonds is 9. The Morgan fingerprint density at radius 1 is 0.773 bits per heavy atom. The second kappa shape index (κ2) is 18.0. The van der Waals surface area contributed by atoms with Crippen LogP contribution in [-0.2, 0) is 38.5 Å². The fourth-order valence-corrected chi connectivity index (χ4v) is 3.50. The van der Waals surface area contributed by atoms with Gasteiger partial charge in [-0.1, -0.05) is 38.6 Å². The third kappa shape index (κ3) is 11.5. The summed E-state index contributed by atoms with van der Waals surface area (Å²) >= 11 is 5.71. The number of ether oxygens (including phenoxy) is 4. The molecule has 0 atom stereocenters. The Morgan fingerprint density at radius 3 is 1.91 bits per heavy atom. The van der Waals surface area contributed by atoms with Gasteiger partial charge in [0.05, 0.1) is 32.8 Å². The molecule has 1 N–H and O–H groups in total. The van der Waals surface area contributed by atoms with E-state index in [2.05, 4.69) is 14.5 Å². The van der Waals surface area contributed by atoms with Gasteiger partial charge in [-0.15, -0.1) is 0 Å². The minimum atomic E-state index is -0.735. The van der Waals surface area contributed by atoms with Crippen LogP contribution in [0.3, 0.4) is 0 Å². The molecule has 0 amide bonds. The molecule has 0 spiro atoms. The predicted octanol–water partition coefficient (Wildman–Crippen LogP) is 7.62. The first-order valence-corrected chi connectivity index (χ1v) is 12.6. The highest BCUT2D eigenvalue weighted by Gasteiger charge is 2.11. The number of carbonyl (C=O) groups is 2. The largest absolute Gasteiger partial charge is 0.505 e. The lowest BCUT2D eigenvalue weighted by Crippen LogP contribution is -2.04. The lowest BCUT2D eigenvalue weighted by molar-refractivity contribution is -0.140.